The van der Waals surface area contributed by atoms with Gasteiger partial charge < -0.3 is 5.32 Å². The van der Waals surface area contributed by atoms with Crippen LogP contribution in [-0.2, 0) is 11.3 Å². The molecule has 6 heteroatoms. The summed E-state index contributed by atoms with van der Waals surface area (Å²) in [6, 6.07) is 16.5. The fourth-order valence-corrected chi connectivity index (χ4v) is 3.04. The number of carbonyl (C=O) groups excluding carboxylic acids is 1. The molecule has 0 aliphatic heterocycles. The van der Waals surface area contributed by atoms with Crippen LogP contribution in [0.1, 0.15) is 65.0 Å². The van der Waals surface area contributed by atoms with E-state index < -0.39 is 0 Å². The van der Waals surface area contributed by atoms with Crippen molar-refractivity contribution in [2.45, 2.75) is 68.4 Å². The summed E-state index contributed by atoms with van der Waals surface area (Å²) in [6.07, 6.45) is 2.52. The van der Waals surface area contributed by atoms with E-state index in [1.54, 1.807) is 6.33 Å². The van der Waals surface area contributed by atoms with Crippen molar-refractivity contribution in [3.8, 4) is 11.4 Å². The van der Waals surface area contributed by atoms with Crippen molar-refractivity contribution < 1.29 is 6.22 Å². The van der Waals surface area contributed by atoms with Crippen LogP contribution in [0.25, 0.3) is 11.4 Å². The third kappa shape index (κ3) is 14.0. The summed E-state index contributed by atoms with van der Waals surface area (Å²) in [4.78, 5) is 25.9. The van der Waals surface area contributed by atoms with Crippen LogP contribution in [0.15, 0.2) is 54.9 Å². The Hall–Kier alpha value is -3.12. The molecule has 3 rings (SSSR count). The zero-order valence-electron chi connectivity index (χ0n) is 23.2. The summed E-state index contributed by atoms with van der Waals surface area (Å²) >= 11 is 0. The maximum atomic E-state index is 11.5. The van der Waals surface area contributed by atoms with Crippen LogP contribution in [0.5, 0.6) is 0 Å². The second kappa shape index (κ2) is 19.2. The first-order valence-electron chi connectivity index (χ1n) is 12.6. The molecule has 0 saturated carbocycles. The van der Waals surface area contributed by atoms with Crippen molar-refractivity contribution >= 4 is 5.91 Å². The van der Waals surface area contributed by atoms with Crippen LogP contribution in [0.2, 0.25) is 0 Å². The molecule has 35 heavy (non-hydrogen) atoms. The minimum Gasteiger partial charge on any atom is -0.355 e. The Morgan fingerprint density at radius 2 is 1.57 bits per heavy atom. The lowest BCUT2D eigenvalue weighted by molar-refractivity contribution is -0.122. The number of hydrogen-bond acceptors (Lipinski definition) is 5. The van der Waals surface area contributed by atoms with Gasteiger partial charge in [-0.05, 0) is 45.9 Å². The van der Waals surface area contributed by atoms with E-state index in [2.05, 4.69) is 77.4 Å². The number of benzene rings is 2. The van der Waals surface area contributed by atoms with E-state index in [0.29, 0.717) is 6.54 Å². The monoisotopic (exact) mass is 481 g/mol. The Labute approximate surface area is 214 Å². The van der Waals surface area contributed by atoms with E-state index >= 15 is 0 Å². The van der Waals surface area contributed by atoms with Crippen LogP contribution >= 0.6 is 0 Å². The lowest BCUT2D eigenvalue weighted by Crippen LogP contribution is -2.35. The third-order valence-electron chi connectivity index (χ3n) is 4.49. The van der Waals surface area contributed by atoms with Crippen molar-refractivity contribution in [2.75, 3.05) is 20.1 Å². The Morgan fingerprint density at radius 3 is 2.14 bits per heavy atom. The van der Waals surface area contributed by atoms with Crippen molar-refractivity contribution in [1.29, 1.82) is 0 Å². The maximum Gasteiger partial charge on any atom is 0.234 e. The Morgan fingerprint density at radius 1 is 0.943 bits per heavy atom. The Bertz CT molecular complexity index is 938. The van der Waals surface area contributed by atoms with Gasteiger partial charge in [-0.3, -0.25) is 9.69 Å². The van der Waals surface area contributed by atoms with Gasteiger partial charge in [0.1, 0.15) is 12.2 Å². The summed E-state index contributed by atoms with van der Waals surface area (Å²) in [6.45, 7) is 18.1. The third-order valence-corrected chi connectivity index (χ3v) is 4.49. The first-order chi connectivity index (χ1) is 16.9. The second-order valence-corrected chi connectivity index (χ2v) is 7.74. The lowest BCUT2D eigenvalue weighted by Gasteiger charge is -2.16. The quantitative estimate of drug-likeness (QED) is 0.422. The highest BCUT2D eigenvalue weighted by Gasteiger charge is 2.06. The molecular weight excluding hydrogens is 434 g/mol. The van der Waals surface area contributed by atoms with Gasteiger partial charge >= 0.3 is 0 Å². The zero-order chi connectivity index (χ0) is 26.6. The highest BCUT2D eigenvalue weighted by atomic mass is 16.2. The number of hydrogen-bond donors (Lipinski definition) is 1. The highest BCUT2D eigenvalue weighted by molar-refractivity contribution is 5.77. The van der Waals surface area contributed by atoms with Gasteiger partial charge in [0.05, 0.1) is 6.54 Å². The molecule has 0 unspecified atom stereocenters. The van der Waals surface area contributed by atoms with Gasteiger partial charge in [0.15, 0.2) is 5.82 Å². The molecule has 0 spiro atoms. The number of nitrogens with one attached hydrogen (secondary N) is 1. The van der Waals surface area contributed by atoms with Gasteiger partial charge in [0.2, 0.25) is 5.91 Å². The molecule has 0 radical (unpaired) electrons. The molecule has 0 atom stereocenters. The fraction of sp³-hybridized carbons (Fsp3) is 0.448. The lowest BCUT2D eigenvalue weighted by atomic mass is 10.1. The van der Waals surface area contributed by atoms with Crippen LogP contribution in [0.3, 0.4) is 0 Å². The van der Waals surface area contributed by atoms with Gasteiger partial charge in [-0.2, -0.15) is 0 Å². The van der Waals surface area contributed by atoms with Crippen molar-refractivity contribution in [1.82, 2.24) is 25.2 Å². The highest BCUT2D eigenvalue weighted by Crippen LogP contribution is 2.14. The number of rotatable bonds is 7. The fourth-order valence-electron chi connectivity index (χ4n) is 3.04. The molecule has 0 saturated heterocycles. The molecule has 2 aromatic carbocycles. The average Bonchev–Trinajstić information content (AvgIpc) is 2.85. The predicted octanol–water partition coefficient (Wildman–Crippen LogP) is 6.41. The van der Waals surface area contributed by atoms with Gasteiger partial charge in [-0.25, -0.2) is 15.0 Å². The molecule has 0 aliphatic rings. The minimum atomic E-state index is 0. The van der Waals surface area contributed by atoms with Crippen molar-refractivity contribution in [3.05, 3.63) is 77.4 Å². The van der Waals surface area contributed by atoms with Gasteiger partial charge in [-0.1, -0.05) is 88.2 Å². The molecule has 194 valence electrons. The number of likely N-dealkylation sites (N-methyl/N-ethyl adjacent to an activating group) is 1. The molecule has 1 N–H and O–H groups in total. The number of nitrogens with zero attached hydrogens (tertiary/aromatic N) is 4. The Balaban J connectivity index is 0. The molecule has 6 nitrogen and oxygen atoms in total. The van der Waals surface area contributed by atoms with E-state index in [-0.39, 0.29) is 7.33 Å². The number of aryl methyl sites for hydroxylation is 3. The molecule has 3 aromatic rings. The van der Waals surface area contributed by atoms with E-state index in [1.807, 2.05) is 58.7 Å². The standard InChI is InChI=1S/C14H22N2O.C11H11N3.2C2H6.H2/c1-4-8-15-14(17)11-16(3)10-13-7-5-6-12(2)9-13;1-8-4-3-5-10(6-8)11-13-7-12-9(2)14-11;2*1-2;/h5-7,9H,4,8,10-11H2,1-3H3,(H,15,17);3-7H,1-2H3;2*1-2H3;1H. The summed E-state index contributed by atoms with van der Waals surface area (Å²) < 4.78 is 0. The summed E-state index contributed by atoms with van der Waals surface area (Å²) in [5.41, 5.74) is 4.75. The molecule has 1 aromatic heterocycles. The number of amides is 1. The van der Waals surface area contributed by atoms with Crippen molar-refractivity contribution in [3.63, 3.8) is 0 Å². The second-order valence-electron chi connectivity index (χ2n) is 7.74. The van der Waals surface area contributed by atoms with Crippen LogP contribution < -0.4 is 5.32 Å². The zero-order valence-corrected chi connectivity index (χ0v) is 23.2. The van der Waals surface area contributed by atoms with E-state index in [9.17, 15) is 4.79 Å². The van der Waals surface area contributed by atoms with Gasteiger partial charge in [0.25, 0.3) is 0 Å². The summed E-state index contributed by atoms with van der Waals surface area (Å²) in [7, 11) is 1.97. The molecule has 1 amide bonds. The van der Waals surface area contributed by atoms with E-state index in [4.69, 9.17) is 0 Å². The first kappa shape index (κ1) is 31.9. The van der Waals surface area contributed by atoms with Gasteiger partial charge in [-0.15, -0.1) is 0 Å². The molecule has 0 bridgehead atoms. The first-order valence-corrected chi connectivity index (χ1v) is 12.6. The summed E-state index contributed by atoms with van der Waals surface area (Å²) in [5.74, 6) is 1.58. The van der Waals surface area contributed by atoms with E-state index in [0.717, 1.165) is 36.7 Å². The number of carbonyl (C=O) groups is 1. The average molecular weight is 482 g/mol. The SMILES string of the molecule is CC.CC.CCCNC(=O)CN(C)Cc1cccc(C)c1.Cc1cccc(-c2ncnc(C)n2)c1.[HH]. The smallest absolute Gasteiger partial charge is 0.234 e. The molecule has 1 heterocycles. The number of aromatic nitrogens is 3. The van der Waals surface area contributed by atoms with Crippen LogP contribution in [-0.4, -0.2) is 45.9 Å². The molecule has 0 fully saturated rings. The molecule has 0 aliphatic carbocycles. The Kier molecular flexibility index (Phi) is 17.5. The summed E-state index contributed by atoms with van der Waals surface area (Å²) in [5, 5.41) is 2.88. The van der Waals surface area contributed by atoms with Crippen LogP contribution in [0, 0.1) is 20.8 Å². The topological polar surface area (TPSA) is 71.0 Å². The van der Waals surface area contributed by atoms with Gasteiger partial charge in [0, 0.05) is 20.1 Å². The normalized spacial score (nSPS) is 9.54. The minimum absolute atomic E-state index is 0. The maximum absolute atomic E-state index is 11.5. The predicted molar refractivity (Wildman–Crippen MR) is 150 cm³/mol. The van der Waals surface area contributed by atoms with E-state index in [1.165, 1.54) is 16.7 Å². The van der Waals surface area contributed by atoms with Crippen LogP contribution in [0.4, 0.5) is 0 Å². The van der Waals surface area contributed by atoms with Crippen molar-refractivity contribution in [2.24, 2.45) is 0 Å². The molecular formula is C29H47N5O. The largest absolute Gasteiger partial charge is 0.355 e.